The molecule has 4 nitrogen and oxygen atoms in total. The molecule has 0 aliphatic carbocycles. The van der Waals surface area contributed by atoms with Gasteiger partial charge in [0.15, 0.2) is 5.13 Å². The highest BCUT2D eigenvalue weighted by atomic mass is 35.5. The number of nitrogens with zero attached hydrogens (tertiary/aromatic N) is 3. The molecular formula is C7H3ClN4S2. The van der Waals surface area contributed by atoms with Crippen LogP contribution in [-0.4, -0.2) is 13.7 Å². The van der Waals surface area contributed by atoms with Crippen LogP contribution in [0.5, 0.6) is 0 Å². The van der Waals surface area contributed by atoms with Crippen molar-refractivity contribution in [3.05, 3.63) is 12.1 Å². The van der Waals surface area contributed by atoms with Crippen LogP contribution in [0.25, 0.3) is 21.3 Å². The summed E-state index contributed by atoms with van der Waals surface area (Å²) < 4.78 is 9.37. The van der Waals surface area contributed by atoms with Crippen molar-refractivity contribution < 1.29 is 0 Å². The molecule has 0 bridgehead atoms. The molecule has 2 aromatic heterocycles. The largest absolute Gasteiger partial charge is 0.274 e. The number of anilines is 1. The fraction of sp³-hybridized carbons (Fsp3) is 0. The molecule has 7 heteroatoms. The van der Waals surface area contributed by atoms with Gasteiger partial charge in [-0.2, -0.15) is 8.75 Å². The lowest BCUT2D eigenvalue weighted by Gasteiger charge is -1.85. The van der Waals surface area contributed by atoms with E-state index in [2.05, 4.69) is 18.6 Å². The predicted octanol–water partition coefficient (Wildman–Crippen LogP) is 2.87. The first-order valence-electron chi connectivity index (χ1n) is 3.76. The zero-order valence-electron chi connectivity index (χ0n) is 6.69. The summed E-state index contributed by atoms with van der Waals surface area (Å²) in [6.45, 7) is 0. The van der Waals surface area contributed by atoms with Crippen LogP contribution in [-0.2, 0) is 0 Å². The molecule has 2 heterocycles. The molecule has 0 amide bonds. The molecule has 0 fully saturated rings. The Bertz CT molecular complexity index is 554. The van der Waals surface area contributed by atoms with Crippen molar-refractivity contribution in [2.75, 3.05) is 4.84 Å². The molecule has 3 aromatic rings. The third-order valence-corrected chi connectivity index (χ3v) is 3.63. The maximum atomic E-state index is 5.47. The van der Waals surface area contributed by atoms with Gasteiger partial charge in [0.05, 0.1) is 21.9 Å². The SMILES string of the molecule is ClNc1nc2cc3nsnc3cc2s1. The van der Waals surface area contributed by atoms with Crippen molar-refractivity contribution in [1.82, 2.24) is 13.7 Å². The second-order valence-corrected chi connectivity index (χ2v) is 4.43. The molecule has 0 aliphatic heterocycles. The van der Waals surface area contributed by atoms with Gasteiger partial charge in [-0.05, 0) is 12.1 Å². The number of hydrogen-bond donors (Lipinski definition) is 1. The van der Waals surface area contributed by atoms with Crippen molar-refractivity contribution in [3.63, 3.8) is 0 Å². The molecule has 14 heavy (non-hydrogen) atoms. The summed E-state index contributed by atoms with van der Waals surface area (Å²) in [7, 11) is 0. The summed E-state index contributed by atoms with van der Waals surface area (Å²) in [6.07, 6.45) is 0. The number of rotatable bonds is 1. The Morgan fingerprint density at radius 3 is 2.71 bits per heavy atom. The van der Waals surface area contributed by atoms with Gasteiger partial charge < -0.3 is 0 Å². The smallest absolute Gasteiger partial charge is 0.198 e. The number of hydrogen-bond acceptors (Lipinski definition) is 6. The first kappa shape index (κ1) is 8.34. The van der Waals surface area contributed by atoms with Gasteiger partial charge in [-0.3, -0.25) is 4.84 Å². The minimum Gasteiger partial charge on any atom is -0.274 e. The van der Waals surface area contributed by atoms with Crippen molar-refractivity contribution >= 4 is 61.2 Å². The first-order chi connectivity index (χ1) is 6.86. The Kier molecular flexibility index (Phi) is 1.79. The molecule has 0 atom stereocenters. The first-order valence-corrected chi connectivity index (χ1v) is 5.69. The minimum atomic E-state index is 0.693. The number of halogens is 1. The molecule has 0 unspecified atom stereocenters. The van der Waals surface area contributed by atoms with E-state index in [0.29, 0.717) is 5.13 Å². The fourth-order valence-electron chi connectivity index (χ4n) is 1.25. The molecule has 0 spiro atoms. The van der Waals surface area contributed by atoms with E-state index in [1.807, 2.05) is 12.1 Å². The number of nitrogens with one attached hydrogen (secondary N) is 1. The van der Waals surface area contributed by atoms with Gasteiger partial charge in [0.1, 0.15) is 11.0 Å². The van der Waals surface area contributed by atoms with Crippen molar-refractivity contribution in [2.45, 2.75) is 0 Å². The molecule has 0 saturated carbocycles. The summed E-state index contributed by atoms with van der Waals surface area (Å²) in [4.78, 5) is 6.78. The molecule has 0 radical (unpaired) electrons. The zero-order valence-corrected chi connectivity index (χ0v) is 9.08. The van der Waals surface area contributed by atoms with Gasteiger partial charge in [-0.15, -0.1) is 0 Å². The third kappa shape index (κ3) is 1.15. The quantitative estimate of drug-likeness (QED) is 0.667. The number of benzene rings is 1. The van der Waals surface area contributed by atoms with E-state index in [1.54, 1.807) is 0 Å². The van der Waals surface area contributed by atoms with Gasteiger partial charge in [0, 0.05) is 11.8 Å². The van der Waals surface area contributed by atoms with E-state index in [0.717, 1.165) is 21.3 Å². The van der Waals surface area contributed by atoms with Crippen LogP contribution in [0.15, 0.2) is 12.1 Å². The zero-order chi connectivity index (χ0) is 9.54. The Morgan fingerprint density at radius 1 is 1.14 bits per heavy atom. The van der Waals surface area contributed by atoms with E-state index in [-0.39, 0.29) is 0 Å². The molecule has 1 N–H and O–H groups in total. The van der Waals surface area contributed by atoms with Crippen LogP contribution in [0.4, 0.5) is 5.13 Å². The normalized spacial score (nSPS) is 11.2. The molecule has 0 aliphatic rings. The van der Waals surface area contributed by atoms with Crippen LogP contribution in [0.1, 0.15) is 0 Å². The van der Waals surface area contributed by atoms with Crippen LogP contribution >= 0.6 is 34.8 Å². The average Bonchev–Trinajstić information content (AvgIpc) is 2.77. The maximum absolute atomic E-state index is 5.47. The summed E-state index contributed by atoms with van der Waals surface area (Å²) in [5, 5.41) is 0.693. The molecule has 1 aromatic carbocycles. The lowest BCUT2D eigenvalue weighted by Crippen LogP contribution is -1.75. The van der Waals surface area contributed by atoms with Crippen LogP contribution in [0.3, 0.4) is 0 Å². The second kappa shape index (κ2) is 3.01. The van der Waals surface area contributed by atoms with E-state index < -0.39 is 0 Å². The lowest BCUT2D eigenvalue weighted by atomic mass is 10.3. The van der Waals surface area contributed by atoms with Gasteiger partial charge in [0.25, 0.3) is 0 Å². The topological polar surface area (TPSA) is 50.7 Å². The second-order valence-electron chi connectivity index (χ2n) is 2.69. The predicted molar refractivity (Wildman–Crippen MR) is 60.1 cm³/mol. The Labute approximate surface area is 92.0 Å². The van der Waals surface area contributed by atoms with Crippen LogP contribution < -0.4 is 4.84 Å². The Morgan fingerprint density at radius 2 is 1.93 bits per heavy atom. The number of aromatic nitrogens is 3. The highest BCUT2D eigenvalue weighted by Crippen LogP contribution is 2.29. The van der Waals surface area contributed by atoms with Gasteiger partial charge in [-0.25, -0.2) is 4.98 Å². The minimum absolute atomic E-state index is 0.693. The number of fused-ring (bicyclic) bond motifs is 2. The Hall–Kier alpha value is -0.980. The highest BCUT2D eigenvalue weighted by molar-refractivity contribution is 7.22. The van der Waals surface area contributed by atoms with Gasteiger partial charge in [-0.1, -0.05) is 11.3 Å². The van der Waals surface area contributed by atoms with E-state index in [4.69, 9.17) is 11.8 Å². The van der Waals surface area contributed by atoms with Crippen molar-refractivity contribution in [3.8, 4) is 0 Å². The monoisotopic (exact) mass is 242 g/mol. The lowest BCUT2D eigenvalue weighted by molar-refractivity contribution is 1.49. The van der Waals surface area contributed by atoms with Gasteiger partial charge >= 0.3 is 0 Å². The van der Waals surface area contributed by atoms with E-state index >= 15 is 0 Å². The maximum Gasteiger partial charge on any atom is 0.198 e. The molecule has 0 saturated heterocycles. The van der Waals surface area contributed by atoms with Crippen LogP contribution in [0, 0.1) is 0 Å². The van der Waals surface area contributed by atoms with E-state index in [9.17, 15) is 0 Å². The van der Waals surface area contributed by atoms with Crippen molar-refractivity contribution in [2.24, 2.45) is 0 Å². The van der Waals surface area contributed by atoms with Crippen molar-refractivity contribution in [1.29, 1.82) is 0 Å². The van der Waals surface area contributed by atoms with E-state index in [1.165, 1.54) is 23.1 Å². The standard InChI is InChI=1S/C7H3ClN4S2/c8-10-7-9-5-1-3-4(12-14-11-3)2-6(5)13-7/h1-2H,(H,9,10). The summed E-state index contributed by atoms with van der Waals surface area (Å²) in [5.41, 5.74) is 2.69. The number of thiazole rings is 1. The molecule has 70 valence electrons. The summed E-state index contributed by atoms with van der Waals surface area (Å²) in [5.74, 6) is 0. The fourth-order valence-corrected chi connectivity index (χ4v) is 2.68. The van der Waals surface area contributed by atoms with Gasteiger partial charge in [0.2, 0.25) is 0 Å². The third-order valence-electron chi connectivity index (χ3n) is 1.84. The van der Waals surface area contributed by atoms with Crippen LogP contribution in [0.2, 0.25) is 0 Å². The Balaban J connectivity index is 2.40. The highest BCUT2D eigenvalue weighted by Gasteiger charge is 2.06. The molecule has 3 rings (SSSR count). The summed E-state index contributed by atoms with van der Waals surface area (Å²) >= 11 is 8.18. The summed E-state index contributed by atoms with van der Waals surface area (Å²) in [6, 6.07) is 3.89. The average molecular weight is 243 g/mol. The molecular weight excluding hydrogens is 240 g/mol.